The van der Waals surface area contributed by atoms with E-state index < -0.39 is 0 Å². The zero-order chi connectivity index (χ0) is 13.4. The number of ether oxygens (including phenoxy) is 1. The molecular weight excluding hydrogens is 228 g/mol. The molecule has 0 fully saturated rings. The van der Waals surface area contributed by atoms with Crippen LogP contribution < -0.4 is 10.1 Å². The minimum absolute atomic E-state index is 0.132. The van der Waals surface area contributed by atoms with Crippen LogP contribution in [0, 0.1) is 0 Å². The lowest BCUT2D eigenvalue weighted by atomic mass is 10.3. The van der Waals surface area contributed by atoms with Gasteiger partial charge in [0.2, 0.25) is 11.8 Å². The van der Waals surface area contributed by atoms with Crippen molar-refractivity contribution in [2.75, 3.05) is 32.5 Å². The summed E-state index contributed by atoms with van der Waals surface area (Å²) in [5.41, 5.74) is 0. The molecule has 0 aromatic carbocycles. The Hall–Kier alpha value is -1.36. The van der Waals surface area contributed by atoms with Gasteiger partial charge in [-0.15, -0.1) is 0 Å². The molecule has 5 nitrogen and oxygen atoms in total. The average Bonchev–Trinajstić information content (AvgIpc) is 2.27. The number of nitrogens with zero attached hydrogens (tertiary/aromatic N) is 3. The summed E-state index contributed by atoms with van der Waals surface area (Å²) in [5, 5.41) is 3.21. The standard InChI is InChI=1S/C13H24N4O/c1-11(2)18-12-7-9-15-13(16-12)14-8-5-6-10-17(3)4/h7,9,11H,5-6,8,10H2,1-4H3,(H,14,15,16). The van der Waals surface area contributed by atoms with E-state index >= 15 is 0 Å². The van der Waals surface area contributed by atoms with E-state index in [1.54, 1.807) is 12.3 Å². The van der Waals surface area contributed by atoms with Gasteiger partial charge in [0.05, 0.1) is 6.10 Å². The number of aromatic nitrogens is 2. The molecule has 1 aromatic rings. The lowest BCUT2D eigenvalue weighted by Crippen LogP contribution is -2.14. The molecule has 1 aromatic heterocycles. The van der Waals surface area contributed by atoms with Crippen LogP contribution >= 0.6 is 0 Å². The molecule has 0 aliphatic rings. The normalized spacial score (nSPS) is 11.0. The van der Waals surface area contributed by atoms with Gasteiger partial charge in [-0.1, -0.05) is 0 Å². The Morgan fingerprint density at radius 1 is 1.33 bits per heavy atom. The van der Waals surface area contributed by atoms with E-state index in [2.05, 4.69) is 34.3 Å². The fourth-order valence-electron chi connectivity index (χ4n) is 1.49. The molecule has 1 N–H and O–H groups in total. The molecule has 0 spiro atoms. The molecule has 5 heteroatoms. The number of rotatable bonds is 8. The number of anilines is 1. The molecule has 0 atom stereocenters. The molecule has 0 bridgehead atoms. The minimum atomic E-state index is 0.132. The first-order valence-electron chi connectivity index (χ1n) is 6.46. The average molecular weight is 252 g/mol. The zero-order valence-corrected chi connectivity index (χ0v) is 11.8. The Kier molecular flexibility index (Phi) is 6.43. The number of hydrogen-bond acceptors (Lipinski definition) is 5. The van der Waals surface area contributed by atoms with Crippen LogP contribution in [0.15, 0.2) is 12.3 Å². The molecule has 0 amide bonds. The van der Waals surface area contributed by atoms with E-state index in [0.717, 1.165) is 19.5 Å². The fraction of sp³-hybridized carbons (Fsp3) is 0.692. The second kappa shape index (κ2) is 7.87. The lowest BCUT2D eigenvalue weighted by Gasteiger charge is -2.11. The zero-order valence-electron chi connectivity index (χ0n) is 11.8. The Bertz CT molecular complexity index is 342. The molecule has 0 aliphatic carbocycles. The third-order valence-corrected chi connectivity index (χ3v) is 2.30. The van der Waals surface area contributed by atoms with Crippen molar-refractivity contribution < 1.29 is 4.74 Å². The number of nitrogens with one attached hydrogen (secondary N) is 1. The van der Waals surface area contributed by atoms with Gasteiger partial charge in [-0.3, -0.25) is 0 Å². The third kappa shape index (κ3) is 6.39. The highest BCUT2D eigenvalue weighted by molar-refractivity contribution is 5.27. The summed E-state index contributed by atoms with van der Waals surface area (Å²) < 4.78 is 5.52. The highest BCUT2D eigenvalue weighted by Crippen LogP contribution is 2.10. The predicted octanol–water partition coefficient (Wildman–Crippen LogP) is 2.02. The highest BCUT2D eigenvalue weighted by atomic mass is 16.5. The Morgan fingerprint density at radius 3 is 2.78 bits per heavy atom. The van der Waals surface area contributed by atoms with Crippen molar-refractivity contribution in [1.29, 1.82) is 0 Å². The van der Waals surface area contributed by atoms with Gasteiger partial charge >= 0.3 is 0 Å². The van der Waals surface area contributed by atoms with Crippen LogP contribution in [-0.2, 0) is 0 Å². The van der Waals surface area contributed by atoms with Gasteiger partial charge in [-0.25, -0.2) is 4.98 Å². The van der Waals surface area contributed by atoms with Crippen molar-refractivity contribution in [3.8, 4) is 5.88 Å². The summed E-state index contributed by atoms with van der Waals surface area (Å²) in [5.74, 6) is 1.26. The quantitative estimate of drug-likeness (QED) is 0.717. The van der Waals surface area contributed by atoms with E-state index in [-0.39, 0.29) is 6.10 Å². The van der Waals surface area contributed by atoms with Crippen LogP contribution in [0.25, 0.3) is 0 Å². The first kappa shape index (κ1) is 14.7. The van der Waals surface area contributed by atoms with Gasteiger partial charge in [-0.2, -0.15) is 4.98 Å². The molecule has 0 saturated carbocycles. The van der Waals surface area contributed by atoms with Gasteiger partial charge < -0.3 is 15.0 Å². The summed E-state index contributed by atoms with van der Waals surface area (Å²) >= 11 is 0. The largest absolute Gasteiger partial charge is 0.475 e. The van der Waals surface area contributed by atoms with Crippen molar-refractivity contribution in [2.45, 2.75) is 32.8 Å². The molecule has 102 valence electrons. The smallest absolute Gasteiger partial charge is 0.225 e. The lowest BCUT2D eigenvalue weighted by molar-refractivity contribution is 0.232. The maximum absolute atomic E-state index is 5.52. The second-order valence-electron chi connectivity index (χ2n) is 4.82. The topological polar surface area (TPSA) is 50.3 Å². The Morgan fingerprint density at radius 2 is 2.11 bits per heavy atom. The van der Waals surface area contributed by atoms with Gasteiger partial charge in [0, 0.05) is 18.8 Å². The van der Waals surface area contributed by atoms with Gasteiger partial charge in [-0.05, 0) is 47.3 Å². The van der Waals surface area contributed by atoms with E-state index in [4.69, 9.17) is 4.74 Å². The van der Waals surface area contributed by atoms with Crippen LogP contribution in [0.3, 0.4) is 0 Å². The van der Waals surface area contributed by atoms with Crippen LogP contribution in [-0.4, -0.2) is 48.2 Å². The number of unbranched alkanes of at least 4 members (excludes halogenated alkanes) is 1. The monoisotopic (exact) mass is 252 g/mol. The molecular formula is C13H24N4O. The van der Waals surface area contributed by atoms with Crippen molar-refractivity contribution >= 4 is 5.95 Å². The summed E-state index contributed by atoms with van der Waals surface area (Å²) in [6.45, 7) is 5.96. The van der Waals surface area contributed by atoms with Crippen LogP contribution in [0.2, 0.25) is 0 Å². The van der Waals surface area contributed by atoms with E-state index in [1.807, 2.05) is 13.8 Å². The van der Waals surface area contributed by atoms with Crippen molar-refractivity contribution in [2.24, 2.45) is 0 Å². The first-order chi connectivity index (χ1) is 8.58. The van der Waals surface area contributed by atoms with Crippen molar-refractivity contribution in [3.63, 3.8) is 0 Å². The molecule has 0 saturated heterocycles. The maximum Gasteiger partial charge on any atom is 0.225 e. The van der Waals surface area contributed by atoms with Gasteiger partial charge in [0.1, 0.15) is 0 Å². The second-order valence-corrected chi connectivity index (χ2v) is 4.82. The minimum Gasteiger partial charge on any atom is -0.475 e. The highest BCUT2D eigenvalue weighted by Gasteiger charge is 2.01. The van der Waals surface area contributed by atoms with Gasteiger partial charge in [0.15, 0.2) is 0 Å². The molecule has 1 heterocycles. The van der Waals surface area contributed by atoms with E-state index in [1.165, 1.54) is 6.42 Å². The van der Waals surface area contributed by atoms with Crippen LogP contribution in [0.1, 0.15) is 26.7 Å². The molecule has 0 aliphatic heterocycles. The van der Waals surface area contributed by atoms with Crippen LogP contribution in [0.5, 0.6) is 5.88 Å². The molecule has 1 rings (SSSR count). The van der Waals surface area contributed by atoms with Crippen molar-refractivity contribution in [1.82, 2.24) is 14.9 Å². The predicted molar refractivity (Wildman–Crippen MR) is 74.1 cm³/mol. The Labute approximate surface area is 110 Å². The summed E-state index contributed by atoms with van der Waals surface area (Å²) in [4.78, 5) is 10.6. The van der Waals surface area contributed by atoms with Crippen molar-refractivity contribution in [3.05, 3.63) is 12.3 Å². The summed E-state index contributed by atoms with van der Waals surface area (Å²) in [6, 6.07) is 1.78. The first-order valence-corrected chi connectivity index (χ1v) is 6.46. The molecule has 18 heavy (non-hydrogen) atoms. The maximum atomic E-state index is 5.52. The summed E-state index contributed by atoms with van der Waals surface area (Å²) in [6.07, 6.45) is 4.12. The molecule has 0 radical (unpaired) electrons. The fourth-order valence-corrected chi connectivity index (χ4v) is 1.49. The van der Waals surface area contributed by atoms with E-state index in [0.29, 0.717) is 11.8 Å². The summed E-state index contributed by atoms with van der Waals surface area (Å²) in [7, 11) is 4.17. The number of hydrogen-bond donors (Lipinski definition) is 1. The van der Waals surface area contributed by atoms with Crippen LogP contribution in [0.4, 0.5) is 5.95 Å². The third-order valence-electron chi connectivity index (χ3n) is 2.30. The SMILES string of the molecule is CC(C)Oc1ccnc(NCCCCN(C)C)n1. The van der Waals surface area contributed by atoms with Gasteiger partial charge in [0.25, 0.3) is 0 Å². The Balaban J connectivity index is 2.29. The molecule has 0 unspecified atom stereocenters. The van der Waals surface area contributed by atoms with E-state index in [9.17, 15) is 0 Å².